The molecular weight excluding hydrogens is 329 g/mol. The first-order valence-electron chi connectivity index (χ1n) is 5.61. The zero-order valence-corrected chi connectivity index (χ0v) is 12.3. The summed E-state index contributed by atoms with van der Waals surface area (Å²) in [6.45, 7) is -2.87. The zero-order valence-electron chi connectivity index (χ0n) is 9.99. The van der Waals surface area contributed by atoms with Gasteiger partial charge in [-0.15, -0.1) is 11.6 Å². The van der Waals surface area contributed by atoms with Crippen LogP contribution in [0.4, 0.5) is 8.78 Å². The molecule has 0 radical (unpaired) electrons. The van der Waals surface area contributed by atoms with Crippen LogP contribution >= 0.6 is 34.8 Å². The van der Waals surface area contributed by atoms with Crippen LogP contribution in [0.1, 0.15) is 16.5 Å². The molecular formula is C14H9Cl3F2O. The SMILES string of the molecule is FC(F)Oc1cccc(C(Cl)c2ccc(Cl)c(Cl)c2)c1. The van der Waals surface area contributed by atoms with Gasteiger partial charge in [0.25, 0.3) is 0 Å². The molecule has 6 heteroatoms. The van der Waals surface area contributed by atoms with Crippen LogP contribution in [0.5, 0.6) is 5.75 Å². The molecule has 0 aromatic heterocycles. The molecule has 20 heavy (non-hydrogen) atoms. The first kappa shape index (κ1) is 15.4. The minimum Gasteiger partial charge on any atom is -0.435 e. The van der Waals surface area contributed by atoms with Crippen molar-refractivity contribution in [3.63, 3.8) is 0 Å². The average Bonchev–Trinajstić information content (AvgIpc) is 2.40. The third-order valence-electron chi connectivity index (χ3n) is 2.61. The fourth-order valence-electron chi connectivity index (χ4n) is 1.71. The standard InChI is InChI=1S/C14H9Cl3F2O/c15-11-5-4-9(7-12(11)16)13(17)8-2-1-3-10(6-8)20-14(18)19/h1-7,13-14H. The van der Waals surface area contributed by atoms with E-state index >= 15 is 0 Å². The van der Waals surface area contributed by atoms with E-state index in [4.69, 9.17) is 34.8 Å². The molecule has 0 aliphatic rings. The molecule has 0 N–H and O–H groups in total. The lowest BCUT2D eigenvalue weighted by atomic mass is 10.0. The number of hydrogen-bond acceptors (Lipinski definition) is 1. The predicted molar refractivity (Wildman–Crippen MR) is 77.2 cm³/mol. The number of ether oxygens (including phenoxy) is 1. The summed E-state index contributed by atoms with van der Waals surface area (Å²) < 4.78 is 28.7. The molecule has 0 spiro atoms. The lowest BCUT2D eigenvalue weighted by molar-refractivity contribution is -0.0498. The quantitative estimate of drug-likeness (QED) is 0.629. The Hall–Kier alpha value is -1.03. The second-order valence-corrected chi connectivity index (χ2v) is 5.24. The van der Waals surface area contributed by atoms with Gasteiger partial charge in [-0.2, -0.15) is 8.78 Å². The van der Waals surface area contributed by atoms with Gasteiger partial charge in [-0.1, -0.05) is 41.4 Å². The smallest absolute Gasteiger partial charge is 0.387 e. The minimum absolute atomic E-state index is 0.0585. The number of hydrogen-bond donors (Lipinski definition) is 0. The van der Waals surface area contributed by atoms with Gasteiger partial charge >= 0.3 is 6.61 Å². The molecule has 0 bridgehead atoms. The van der Waals surface area contributed by atoms with Gasteiger partial charge in [0.2, 0.25) is 0 Å². The fourth-order valence-corrected chi connectivity index (χ4v) is 2.29. The Balaban J connectivity index is 2.28. The Bertz CT molecular complexity index is 605. The van der Waals surface area contributed by atoms with E-state index in [1.807, 2.05) is 0 Å². The lowest BCUT2D eigenvalue weighted by Gasteiger charge is -2.13. The van der Waals surface area contributed by atoms with Gasteiger partial charge in [0.15, 0.2) is 0 Å². The highest BCUT2D eigenvalue weighted by Crippen LogP contribution is 2.34. The average molecular weight is 338 g/mol. The second kappa shape index (κ2) is 6.61. The van der Waals surface area contributed by atoms with Crippen molar-refractivity contribution in [1.82, 2.24) is 0 Å². The van der Waals surface area contributed by atoms with E-state index in [0.717, 1.165) is 5.56 Å². The molecule has 2 aromatic carbocycles. The van der Waals surface area contributed by atoms with Crippen molar-refractivity contribution in [3.05, 3.63) is 63.6 Å². The van der Waals surface area contributed by atoms with Crippen LogP contribution in [0.2, 0.25) is 10.0 Å². The van der Waals surface area contributed by atoms with E-state index in [9.17, 15) is 8.78 Å². The van der Waals surface area contributed by atoms with Gasteiger partial charge in [-0.25, -0.2) is 0 Å². The molecule has 106 valence electrons. The van der Waals surface area contributed by atoms with Gasteiger partial charge in [0.05, 0.1) is 15.4 Å². The molecule has 0 saturated carbocycles. The van der Waals surface area contributed by atoms with Crippen molar-refractivity contribution in [2.45, 2.75) is 12.0 Å². The number of alkyl halides is 3. The Morgan fingerprint density at radius 3 is 2.25 bits per heavy atom. The van der Waals surface area contributed by atoms with Gasteiger partial charge in [-0.05, 0) is 35.4 Å². The summed E-state index contributed by atoms with van der Waals surface area (Å²) in [4.78, 5) is 0. The van der Waals surface area contributed by atoms with E-state index in [-0.39, 0.29) is 5.75 Å². The monoisotopic (exact) mass is 336 g/mol. The topological polar surface area (TPSA) is 9.23 Å². The maximum atomic E-state index is 12.2. The third kappa shape index (κ3) is 3.75. The number of benzene rings is 2. The Kier molecular flexibility index (Phi) is 5.08. The van der Waals surface area contributed by atoms with Gasteiger partial charge in [0.1, 0.15) is 5.75 Å². The molecule has 1 atom stereocenters. The van der Waals surface area contributed by atoms with Gasteiger partial charge in [0, 0.05) is 0 Å². The van der Waals surface area contributed by atoms with Crippen molar-refractivity contribution >= 4 is 34.8 Å². The van der Waals surface area contributed by atoms with Crippen LogP contribution in [-0.2, 0) is 0 Å². The predicted octanol–water partition coefficient (Wildman–Crippen LogP) is 5.92. The van der Waals surface area contributed by atoms with Crippen LogP contribution in [0.3, 0.4) is 0 Å². The van der Waals surface area contributed by atoms with Crippen LogP contribution in [0, 0.1) is 0 Å². The Morgan fingerprint density at radius 2 is 1.60 bits per heavy atom. The van der Waals surface area contributed by atoms with E-state index in [0.29, 0.717) is 15.6 Å². The summed E-state index contributed by atoms with van der Waals surface area (Å²) in [5, 5.41) is 0.273. The molecule has 0 aliphatic carbocycles. The first-order chi connectivity index (χ1) is 9.47. The first-order valence-corrected chi connectivity index (χ1v) is 6.80. The molecule has 2 rings (SSSR count). The molecule has 0 saturated heterocycles. The minimum atomic E-state index is -2.87. The highest BCUT2D eigenvalue weighted by molar-refractivity contribution is 6.42. The summed E-state index contributed by atoms with van der Waals surface area (Å²) in [5.74, 6) is 0.0585. The van der Waals surface area contributed by atoms with Crippen LogP contribution in [-0.4, -0.2) is 6.61 Å². The largest absolute Gasteiger partial charge is 0.435 e. The molecule has 1 unspecified atom stereocenters. The molecule has 0 fully saturated rings. The highest BCUT2D eigenvalue weighted by Gasteiger charge is 2.14. The summed E-state index contributed by atoms with van der Waals surface area (Å²) >= 11 is 18.1. The molecule has 0 aliphatic heterocycles. The van der Waals surface area contributed by atoms with Crippen molar-refractivity contribution < 1.29 is 13.5 Å². The fraction of sp³-hybridized carbons (Fsp3) is 0.143. The van der Waals surface area contributed by atoms with Crippen molar-refractivity contribution in [2.75, 3.05) is 0 Å². The summed E-state index contributed by atoms with van der Waals surface area (Å²) in [5.41, 5.74) is 1.35. The maximum Gasteiger partial charge on any atom is 0.387 e. The van der Waals surface area contributed by atoms with Crippen LogP contribution < -0.4 is 4.74 Å². The van der Waals surface area contributed by atoms with Crippen molar-refractivity contribution in [2.24, 2.45) is 0 Å². The van der Waals surface area contributed by atoms with Crippen molar-refractivity contribution in [1.29, 1.82) is 0 Å². The molecule has 0 heterocycles. The maximum absolute atomic E-state index is 12.2. The molecule has 0 amide bonds. The van der Waals surface area contributed by atoms with E-state index in [1.54, 1.807) is 30.3 Å². The van der Waals surface area contributed by atoms with E-state index in [1.165, 1.54) is 12.1 Å². The summed E-state index contributed by atoms with van der Waals surface area (Å²) in [6, 6.07) is 11.2. The molecule has 2 aromatic rings. The van der Waals surface area contributed by atoms with Crippen molar-refractivity contribution in [3.8, 4) is 5.75 Å². The van der Waals surface area contributed by atoms with E-state index < -0.39 is 12.0 Å². The number of rotatable bonds is 4. The van der Waals surface area contributed by atoms with Gasteiger partial charge < -0.3 is 4.74 Å². The van der Waals surface area contributed by atoms with E-state index in [2.05, 4.69) is 4.74 Å². The Morgan fingerprint density at radius 1 is 0.900 bits per heavy atom. The zero-order chi connectivity index (χ0) is 14.7. The number of halogens is 5. The Labute approximate surface area is 130 Å². The summed E-state index contributed by atoms with van der Waals surface area (Å²) in [7, 11) is 0. The van der Waals surface area contributed by atoms with Crippen LogP contribution in [0.25, 0.3) is 0 Å². The third-order valence-corrected chi connectivity index (χ3v) is 3.86. The summed E-state index contributed by atoms with van der Waals surface area (Å²) in [6.07, 6.45) is 0. The molecule has 1 nitrogen and oxygen atoms in total. The van der Waals surface area contributed by atoms with Crippen LogP contribution in [0.15, 0.2) is 42.5 Å². The normalized spacial score (nSPS) is 12.5. The van der Waals surface area contributed by atoms with Gasteiger partial charge in [-0.3, -0.25) is 0 Å². The second-order valence-electron chi connectivity index (χ2n) is 3.99. The highest BCUT2D eigenvalue weighted by atomic mass is 35.5. The lowest BCUT2D eigenvalue weighted by Crippen LogP contribution is -2.02.